The van der Waals surface area contributed by atoms with Crippen molar-refractivity contribution in [3.63, 3.8) is 0 Å². The summed E-state index contributed by atoms with van der Waals surface area (Å²) >= 11 is 0. The van der Waals surface area contributed by atoms with E-state index in [1.807, 2.05) is 13.8 Å². The van der Waals surface area contributed by atoms with Gasteiger partial charge in [0, 0.05) is 36.4 Å². The van der Waals surface area contributed by atoms with Crippen LogP contribution in [0.15, 0.2) is 11.0 Å². The number of hydrogen-bond donors (Lipinski definition) is 2. The van der Waals surface area contributed by atoms with E-state index < -0.39 is 0 Å². The van der Waals surface area contributed by atoms with E-state index in [-0.39, 0.29) is 5.56 Å². The van der Waals surface area contributed by atoms with E-state index in [0.29, 0.717) is 23.2 Å². The molecule has 1 aromatic heterocycles. The average molecular weight is 262 g/mol. The van der Waals surface area contributed by atoms with Crippen LogP contribution in [-0.2, 0) is 0 Å². The molecule has 2 heterocycles. The molecule has 1 unspecified atom stereocenters. The minimum absolute atomic E-state index is 0.0663. The minimum Gasteiger partial charge on any atom is -0.351 e. The van der Waals surface area contributed by atoms with Crippen molar-refractivity contribution in [2.24, 2.45) is 11.1 Å². The van der Waals surface area contributed by atoms with Gasteiger partial charge in [0.2, 0.25) is 0 Å². The Morgan fingerprint density at radius 2 is 2.26 bits per heavy atom. The number of nitrogens with two attached hydrogens (primary N) is 1. The summed E-state index contributed by atoms with van der Waals surface area (Å²) in [5.74, 6) is 0.861. The second kappa shape index (κ2) is 4.34. The van der Waals surface area contributed by atoms with Crippen molar-refractivity contribution in [1.82, 2.24) is 9.97 Å². The first-order valence-electron chi connectivity index (χ1n) is 7.09. The fourth-order valence-electron chi connectivity index (χ4n) is 3.38. The first-order valence-corrected chi connectivity index (χ1v) is 7.09. The molecule has 1 aromatic rings. The van der Waals surface area contributed by atoms with E-state index in [2.05, 4.69) is 14.9 Å². The summed E-state index contributed by atoms with van der Waals surface area (Å²) in [7, 11) is 0. The van der Waals surface area contributed by atoms with E-state index in [9.17, 15) is 4.79 Å². The second-order valence-corrected chi connectivity index (χ2v) is 6.50. The average Bonchev–Trinajstić information content (AvgIpc) is 2.70. The lowest BCUT2D eigenvalue weighted by Crippen LogP contribution is -2.57. The first-order chi connectivity index (χ1) is 8.99. The van der Waals surface area contributed by atoms with Crippen molar-refractivity contribution in [3.05, 3.63) is 22.2 Å². The van der Waals surface area contributed by atoms with Gasteiger partial charge in [-0.15, -0.1) is 0 Å². The van der Waals surface area contributed by atoms with E-state index in [4.69, 9.17) is 5.73 Å². The Morgan fingerprint density at radius 3 is 2.79 bits per heavy atom. The predicted octanol–water partition coefficient (Wildman–Crippen LogP) is 1.21. The Morgan fingerprint density at radius 1 is 1.53 bits per heavy atom. The maximum absolute atomic E-state index is 12.1. The van der Waals surface area contributed by atoms with Crippen LogP contribution < -0.4 is 16.2 Å². The molecule has 2 fully saturated rings. The van der Waals surface area contributed by atoms with Gasteiger partial charge >= 0.3 is 0 Å². The maximum Gasteiger partial charge on any atom is 0.291 e. The zero-order valence-electron chi connectivity index (χ0n) is 11.6. The van der Waals surface area contributed by atoms with Gasteiger partial charge in [0.15, 0.2) is 5.82 Å². The van der Waals surface area contributed by atoms with Crippen LogP contribution in [0.3, 0.4) is 0 Å². The molecule has 1 saturated carbocycles. The molecule has 3 N–H and O–H groups in total. The van der Waals surface area contributed by atoms with E-state index in [0.717, 1.165) is 31.6 Å². The molecule has 0 aromatic carbocycles. The van der Waals surface area contributed by atoms with Gasteiger partial charge < -0.3 is 15.6 Å². The molecule has 0 amide bonds. The van der Waals surface area contributed by atoms with Crippen molar-refractivity contribution in [2.75, 3.05) is 18.0 Å². The van der Waals surface area contributed by atoms with Gasteiger partial charge in [-0.3, -0.25) is 4.79 Å². The van der Waals surface area contributed by atoms with Gasteiger partial charge in [-0.25, -0.2) is 4.98 Å². The monoisotopic (exact) mass is 262 g/mol. The maximum atomic E-state index is 12.1. The van der Waals surface area contributed by atoms with Crippen LogP contribution in [-0.4, -0.2) is 29.1 Å². The lowest BCUT2D eigenvalue weighted by atomic mass is 9.78. The zero-order chi connectivity index (χ0) is 13.6. The van der Waals surface area contributed by atoms with Crippen LogP contribution in [0.5, 0.6) is 0 Å². The Bertz CT molecular complexity index is 530. The van der Waals surface area contributed by atoms with Gasteiger partial charge in [-0.1, -0.05) is 13.8 Å². The molecule has 1 atom stereocenters. The number of aromatic amines is 1. The fourth-order valence-corrected chi connectivity index (χ4v) is 3.38. The zero-order valence-corrected chi connectivity index (χ0v) is 11.6. The van der Waals surface area contributed by atoms with Gasteiger partial charge in [-0.05, 0) is 25.2 Å². The van der Waals surface area contributed by atoms with Crippen LogP contribution in [0.1, 0.15) is 44.7 Å². The molecule has 0 radical (unpaired) electrons. The standard InChI is InChI=1S/C14H22N4O/c1-9(2)11-6-16-12(13(19)17-11)18-7-14(8-18)4-3-10(15)5-14/h6,9-10H,3-5,7-8,15H2,1-2H3,(H,17,19). The number of aromatic nitrogens is 2. The summed E-state index contributed by atoms with van der Waals surface area (Å²) in [5.41, 5.74) is 7.17. The molecule has 1 aliphatic heterocycles. The molecule has 2 aliphatic rings. The molecule has 0 bridgehead atoms. The number of rotatable bonds is 2. The summed E-state index contributed by atoms with van der Waals surface area (Å²) in [6.07, 6.45) is 5.18. The van der Waals surface area contributed by atoms with Crippen molar-refractivity contribution >= 4 is 5.82 Å². The van der Waals surface area contributed by atoms with Crippen molar-refractivity contribution < 1.29 is 0 Å². The highest BCUT2D eigenvalue weighted by molar-refractivity contribution is 5.42. The molecule has 1 saturated heterocycles. The predicted molar refractivity (Wildman–Crippen MR) is 75.4 cm³/mol. The highest BCUT2D eigenvalue weighted by atomic mass is 16.1. The van der Waals surface area contributed by atoms with Crippen LogP contribution >= 0.6 is 0 Å². The Labute approximate surface area is 113 Å². The number of nitrogens with one attached hydrogen (secondary N) is 1. The molecule has 19 heavy (non-hydrogen) atoms. The Balaban J connectivity index is 1.74. The summed E-state index contributed by atoms with van der Waals surface area (Å²) in [4.78, 5) is 21.4. The van der Waals surface area contributed by atoms with Gasteiger partial charge in [0.1, 0.15) is 0 Å². The SMILES string of the molecule is CC(C)c1cnc(N2CC3(CCC(N)C3)C2)c(=O)[nH]1. The molecular formula is C14H22N4O. The highest BCUT2D eigenvalue weighted by Gasteiger charge is 2.48. The summed E-state index contributed by atoms with van der Waals surface area (Å²) in [6, 6.07) is 0.344. The Hall–Kier alpha value is -1.36. The summed E-state index contributed by atoms with van der Waals surface area (Å²) in [5, 5.41) is 0. The van der Waals surface area contributed by atoms with Gasteiger partial charge in [0.25, 0.3) is 5.56 Å². The summed E-state index contributed by atoms with van der Waals surface area (Å²) < 4.78 is 0. The number of nitrogens with zero attached hydrogens (tertiary/aromatic N) is 2. The lowest BCUT2D eigenvalue weighted by molar-refractivity contribution is 0.217. The quantitative estimate of drug-likeness (QED) is 0.840. The third kappa shape index (κ3) is 2.16. The van der Waals surface area contributed by atoms with Crippen LogP contribution in [0.2, 0.25) is 0 Å². The summed E-state index contributed by atoms with van der Waals surface area (Å²) in [6.45, 7) is 5.95. The van der Waals surface area contributed by atoms with Crippen molar-refractivity contribution in [1.29, 1.82) is 0 Å². The normalized spacial score (nSPS) is 25.1. The molecular weight excluding hydrogens is 240 g/mol. The molecule has 1 aliphatic carbocycles. The Kier molecular flexibility index (Phi) is 2.89. The third-order valence-corrected chi connectivity index (χ3v) is 4.50. The molecule has 5 heteroatoms. The minimum atomic E-state index is -0.0663. The van der Waals surface area contributed by atoms with Gasteiger partial charge in [0.05, 0.1) is 0 Å². The van der Waals surface area contributed by atoms with E-state index in [1.54, 1.807) is 6.20 Å². The topological polar surface area (TPSA) is 75.0 Å². The molecule has 5 nitrogen and oxygen atoms in total. The fraction of sp³-hybridized carbons (Fsp3) is 0.714. The molecule has 104 valence electrons. The smallest absolute Gasteiger partial charge is 0.291 e. The molecule has 1 spiro atoms. The van der Waals surface area contributed by atoms with Gasteiger partial charge in [-0.2, -0.15) is 0 Å². The largest absolute Gasteiger partial charge is 0.351 e. The third-order valence-electron chi connectivity index (χ3n) is 4.50. The van der Waals surface area contributed by atoms with Crippen LogP contribution in [0.4, 0.5) is 5.82 Å². The van der Waals surface area contributed by atoms with E-state index in [1.165, 1.54) is 6.42 Å². The number of anilines is 1. The highest BCUT2D eigenvalue weighted by Crippen LogP contribution is 2.45. The lowest BCUT2D eigenvalue weighted by Gasteiger charge is -2.48. The van der Waals surface area contributed by atoms with Crippen LogP contribution in [0.25, 0.3) is 0 Å². The first kappa shape index (κ1) is 12.7. The number of hydrogen-bond acceptors (Lipinski definition) is 4. The van der Waals surface area contributed by atoms with E-state index >= 15 is 0 Å². The van der Waals surface area contributed by atoms with Crippen LogP contribution in [0, 0.1) is 5.41 Å². The van der Waals surface area contributed by atoms with Crippen molar-refractivity contribution in [2.45, 2.75) is 45.1 Å². The second-order valence-electron chi connectivity index (χ2n) is 6.50. The molecule has 3 rings (SSSR count). The van der Waals surface area contributed by atoms with Crippen molar-refractivity contribution in [3.8, 4) is 0 Å². The number of H-pyrrole nitrogens is 1.